The van der Waals surface area contributed by atoms with Gasteiger partial charge in [0.1, 0.15) is 5.75 Å². The molecule has 2 aromatic carbocycles. The van der Waals surface area contributed by atoms with E-state index in [4.69, 9.17) is 18.6 Å². The van der Waals surface area contributed by atoms with Crippen molar-refractivity contribution in [1.29, 1.82) is 0 Å². The molecule has 1 amide bonds. The van der Waals surface area contributed by atoms with E-state index in [1.165, 1.54) is 41.5 Å². The Labute approximate surface area is 230 Å². The molecule has 0 spiro atoms. The van der Waals surface area contributed by atoms with Crippen LogP contribution in [0.2, 0.25) is 0 Å². The van der Waals surface area contributed by atoms with Gasteiger partial charge < -0.3 is 23.5 Å². The Morgan fingerprint density at radius 3 is 2.30 bits per heavy atom. The van der Waals surface area contributed by atoms with Gasteiger partial charge in [0.15, 0.2) is 12.4 Å². The third-order valence-electron chi connectivity index (χ3n) is 6.31. The molecule has 10 heteroatoms. The van der Waals surface area contributed by atoms with Crippen LogP contribution in [0.5, 0.6) is 5.75 Å². The van der Waals surface area contributed by atoms with Gasteiger partial charge >= 0.3 is 17.9 Å². The third kappa shape index (κ3) is 7.22. The average Bonchev–Trinajstić information content (AvgIpc) is 3.65. The van der Waals surface area contributed by atoms with E-state index in [1.54, 1.807) is 30.3 Å². The Kier molecular flexibility index (Phi) is 9.45. The molecule has 0 saturated carbocycles. The van der Waals surface area contributed by atoms with Gasteiger partial charge in [0.2, 0.25) is 11.7 Å². The first kappa shape index (κ1) is 28.3. The lowest BCUT2D eigenvalue weighted by Gasteiger charge is -2.17. The van der Waals surface area contributed by atoms with Crippen LogP contribution in [-0.4, -0.2) is 49.4 Å². The summed E-state index contributed by atoms with van der Waals surface area (Å²) in [5, 5.41) is 0. The van der Waals surface area contributed by atoms with Crippen molar-refractivity contribution >= 4 is 35.3 Å². The first-order chi connectivity index (χ1) is 19.4. The van der Waals surface area contributed by atoms with E-state index in [2.05, 4.69) is 6.92 Å². The van der Waals surface area contributed by atoms with Crippen LogP contribution in [0.4, 0.5) is 5.69 Å². The highest BCUT2D eigenvalue weighted by Crippen LogP contribution is 2.26. The lowest BCUT2D eigenvalue weighted by molar-refractivity contribution is -0.147. The second-order valence-corrected chi connectivity index (χ2v) is 9.22. The maximum atomic E-state index is 12.6. The molecule has 1 fully saturated rings. The molecule has 1 aromatic heterocycles. The number of ether oxygens (including phenoxy) is 3. The number of carbonyl (C=O) groups is 5. The van der Waals surface area contributed by atoms with E-state index in [0.717, 1.165) is 19.3 Å². The molecule has 3 aromatic rings. The monoisotopic (exact) mass is 547 g/mol. The highest BCUT2D eigenvalue weighted by Gasteiger charge is 2.36. The van der Waals surface area contributed by atoms with Gasteiger partial charge in [-0.2, -0.15) is 0 Å². The van der Waals surface area contributed by atoms with Crippen LogP contribution in [0.1, 0.15) is 63.9 Å². The number of esters is 3. The van der Waals surface area contributed by atoms with Crippen LogP contribution in [-0.2, 0) is 19.1 Å². The Balaban J connectivity index is 1.24. The molecule has 1 aliphatic heterocycles. The smallest absolute Gasteiger partial charge is 0.379 e. The Bertz CT molecular complexity index is 1340. The zero-order valence-electron chi connectivity index (χ0n) is 22.0. The fourth-order valence-corrected chi connectivity index (χ4v) is 4.09. The van der Waals surface area contributed by atoms with Gasteiger partial charge in [0.25, 0.3) is 0 Å². The van der Waals surface area contributed by atoms with Crippen LogP contribution in [0.3, 0.4) is 0 Å². The quantitative estimate of drug-likeness (QED) is 0.138. The van der Waals surface area contributed by atoms with Crippen molar-refractivity contribution in [3.63, 3.8) is 0 Å². The van der Waals surface area contributed by atoms with Crippen molar-refractivity contribution in [3.8, 4) is 5.75 Å². The number of anilines is 1. The van der Waals surface area contributed by atoms with Gasteiger partial charge in [-0.15, -0.1) is 0 Å². The maximum Gasteiger partial charge on any atom is 0.379 e. The van der Waals surface area contributed by atoms with Crippen LogP contribution in [0.25, 0.3) is 0 Å². The molecule has 1 saturated heterocycles. The molecule has 2 heterocycles. The molecule has 0 radical (unpaired) electrons. The van der Waals surface area contributed by atoms with Crippen molar-refractivity contribution < 1.29 is 42.6 Å². The number of ketones is 1. The number of carbonyl (C=O) groups excluding carboxylic acids is 5. The molecule has 10 nitrogen and oxygen atoms in total. The summed E-state index contributed by atoms with van der Waals surface area (Å²) in [4.78, 5) is 63.2. The normalized spacial score (nSPS) is 14.6. The van der Waals surface area contributed by atoms with E-state index in [-0.39, 0.29) is 35.9 Å². The minimum absolute atomic E-state index is 0.0471. The minimum Gasteiger partial charge on any atom is -0.462 e. The molecule has 0 aliphatic carbocycles. The van der Waals surface area contributed by atoms with E-state index in [1.807, 2.05) is 0 Å². The van der Waals surface area contributed by atoms with E-state index in [0.29, 0.717) is 17.9 Å². The molecule has 208 valence electrons. The van der Waals surface area contributed by atoms with Gasteiger partial charge in [-0.25, -0.2) is 9.59 Å². The van der Waals surface area contributed by atoms with Crippen molar-refractivity contribution in [2.75, 3.05) is 24.7 Å². The maximum absolute atomic E-state index is 12.6. The number of rotatable bonds is 12. The third-order valence-corrected chi connectivity index (χ3v) is 6.31. The number of Topliss-reactive ketones (excluding diaryl/α,β-unsaturated/α-hetero) is 1. The average molecular weight is 548 g/mol. The molecule has 1 aliphatic rings. The predicted molar refractivity (Wildman–Crippen MR) is 142 cm³/mol. The van der Waals surface area contributed by atoms with Crippen LogP contribution >= 0.6 is 0 Å². The van der Waals surface area contributed by atoms with E-state index >= 15 is 0 Å². The van der Waals surface area contributed by atoms with Crippen LogP contribution < -0.4 is 9.64 Å². The molecule has 4 rings (SSSR count). The standard InChI is InChI=1S/C30H29NO9/c1-2-3-4-15-38-28(34)21-7-11-23(12-8-21)31-18-22(17-27(31)33)29(35)39-19-25(32)20-9-13-24(14-10-20)40-30(36)26-6-5-16-37-26/h5-14,16,22H,2-4,15,17-19H2,1H3/t22-/m0/s1. The van der Waals surface area contributed by atoms with Gasteiger partial charge in [-0.3, -0.25) is 14.4 Å². The molecule has 0 bridgehead atoms. The first-order valence-electron chi connectivity index (χ1n) is 13.0. The van der Waals surface area contributed by atoms with Gasteiger partial charge in [-0.1, -0.05) is 19.8 Å². The second kappa shape index (κ2) is 13.4. The second-order valence-electron chi connectivity index (χ2n) is 9.22. The highest BCUT2D eigenvalue weighted by molar-refractivity contribution is 6.01. The summed E-state index contributed by atoms with van der Waals surface area (Å²) in [6.45, 7) is 2.03. The molecule has 0 N–H and O–H groups in total. The van der Waals surface area contributed by atoms with E-state index in [9.17, 15) is 24.0 Å². The number of nitrogens with zero attached hydrogens (tertiary/aromatic N) is 1. The minimum atomic E-state index is -0.730. The number of hydrogen-bond acceptors (Lipinski definition) is 9. The largest absolute Gasteiger partial charge is 0.462 e. The first-order valence-corrected chi connectivity index (χ1v) is 13.0. The molecular weight excluding hydrogens is 518 g/mol. The summed E-state index contributed by atoms with van der Waals surface area (Å²) in [5.41, 5.74) is 1.19. The van der Waals surface area contributed by atoms with Crippen molar-refractivity contribution in [1.82, 2.24) is 0 Å². The number of amides is 1. The topological polar surface area (TPSA) is 129 Å². The van der Waals surface area contributed by atoms with Crippen molar-refractivity contribution in [2.24, 2.45) is 5.92 Å². The molecule has 1 atom stereocenters. The van der Waals surface area contributed by atoms with Crippen LogP contribution in [0.15, 0.2) is 71.3 Å². The van der Waals surface area contributed by atoms with Crippen LogP contribution in [0, 0.1) is 5.92 Å². The lowest BCUT2D eigenvalue weighted by atomic mass is 10.1. The Hall–Kier alpha value is -4.73. The Morgan fingerprint density at radius 2 is 1.62 bits per heavy atom. The predicted octanol–water partition coefficient (Wildman–Crippen LogP) is 4.62. The highest BCUT2D eigenvalue weighted by atomic mass is 16.5. The number of unbranched alkanes of at least 4 members (excludes halogenated alkanes) is 2. The summed E-state index contributed by atoms with van der Waals surface area (Å²) in [6, 6.07) is 15.2. The Morgan fingerprint density at radius 1 is 0.900 bits per heavy atom. The fourth-order valence-electron chi connectivity index (χ4n) is 4.09. The number of furan rings is 1. The molecule has 0 unspecified atom stereocenters. The zero-order valence-corrected chi connectivity index (χ0v) is 22.0. The van der Waals surface area contributed by atoms with Gasteiger partial charge in [0, 0.05) is 24.2 Å². The summed E-state index contributed by atoms with van der Waals surface area (Å²) in [5.74, 6) is -2.92. The summed E-state index contributed by atoms with van der Waals surface area (Å²) >= 11 is 0. The lowest BCUT2D eigenvalue weighted by Crippen LogP contribution is -2.27. The fraction of sp³-hybridized carbons (Fsp3) is 0.300. The van der Waals surface area contributed by atoms with Gasteiger partial charge in [-0.05, 0) is 67.1 Å². The molecule has 40 heavy (non-hydrogen) atoms. The number of hydrogen-bond donors (Lipinski definition) is 0. The summed E-state index contributed by atoms with van der Waals surface area (Å²) < 4.78 is 20.6. The zero-order chi connectivity index (χ0) is 28.5. The SMILES string of the molecule is CCCCCOC(=O)c1ccc(N2C[C@@H](C(=O)OCC(=O)c3ccc(OC(=O)c4ccco4)cc3)CC2=O)cc1. The van der Waals surface area contributed by atoms with Crippen molar-refractivity contribution in [3.05, 3.63) is 83.8 Å². The van der Waals surface area contributed by atoms with Crippen molar-refractivity contribution in [2.45, 2.75) is 32.6 Å². The van der Waals surface area contributed by atoms with Gasteiger partial charge in [0.05, 0.1) is 24.4 Å². The summed E-state index contributed by atoms with van der Waals surface area (Å²) in [6.07, 6.45) is 4.13. The number of benzene rings is 2. The molecular formula is C30H29NO9. The van der Waals surface area contributed by atoms with E-state index < -0.39 is 36.2 Å². The summed E-state index contributed by atoms with van der Waals surface area (Å²) in [7, 11) is 0.